The second kappa shape index (κ2) is 9.87. The first kappa shape index (κ1) is 20.6. The smallest absolute Gasteiger partial charge is 0.220 e. The summed E-state index contributed by atoms with van der Waals surface area (Å²) in [6.07, 6.45) is 3.48. The van der Waals surface area contributed by atoms with Crippen LogP contribution in [-0.4, -0.2) is 42.0 Å². The molecule has 2 heterocycles. The zero-order valence-corrected chi connectivity index (χ0v) is 17.8. The maximum absolute atomic E-state index is 11.8. The van der Waals surface area contributed by atoms with Gasteiger partial charge in [-0.3, -0.25) is 4.79 Å². The molecule has 1 saturated heterocycles. The van der Waals surface area contributed by atoms with E-state index in [0.29, 0.717) is 24.7 Å². The van der Waals surface area contributed by atoms with Crippen LogP contribution in [0, 0.1) is 11.8 Å². The molecular weight excluding hydrogens is 372 g/mol. The zero-order chi connectivity index (χ0) is 19.9. The third-order valence-electron chi connectivity index (χ3n) is 5.02. The first-order chi connectivity index (χ1) is 13.5. The van der Waals surface area contributed by atoms with E-state index >= 15 is 0 Å². The largest absolute Gasteiger partial charge is 0.497 e. The zero-order valence-electron chi connectivity index (χ0n) is 17.0. The van der Waals surface area contributed by atoms with Crippen molar-refractivity contribution in [1.82, 2.24) is 14.7 Å². The SMILES string of the molecule is COc1cccc(Cc2nsc(N3CCC(CNC(=O)CC(C)C)CC3)n2)c1. The maximum Gasteiger partial charge on any atom is 0.220 e. The van der Waals surface area contributed by atoms with Crippen LogP contribution in [0.5, 0.6) is 5.75 Å². The molecule has 0 radical (unpaired) electrons. The molecule has 1 fully saturated rings. The van der Waals surface area contributed by atoms with Gasteiger partial charge in [-0.15, -0.1) is 0 Å². The van der Waals surface area contributed by atoms with Gasteiger partial charge in [-0.1, -0.05) is 26.0 Å². The summed E-state index contributed by atoms with van der Waals surface area (Å²) in [5.74, 6) is 2.84. The lowest BCUT2D eigenvalue weighted by Crippen LogP contribution is -2.38. The summed E-state index contributed by atoms with van der Waals surface area (Å²) in [6.45, 7) is 6.87. The molecule has 7 heteroatoms. The molecule has 0 atom stereocenters. The number of carbonyl (C=O) groups excluding carboxylic acids is 1. The Kier molecular flexibility index (Phi) is 7.25. The molecule has 0 spiro atoms. The quantitative estimate of drug-likeness (QED) is 0.732. The number of anilines is 1. The average Bonchev–Trinajstić information content (AvgIpc) is 3.15. The summed E-state index contributed by atoms with van der Waals surface area (Å²) >= 11 is 1.48. The molecule has 1 N–H and O–H groups in total. The maximum atomic E-state index is 11.8. The monoisotopic (exact) mass is 402 g/mol. The number of amides is 1. The molecule has 1 aliphatic heterocycles. The summed E-state index contributed by atoms with van der Waals surface area (Å²) in [5.41, 5.74) is 1.15. The first-order valence-corrected chi connectivity index (χ1v) is 10.8. The second-order valence-electron chi connectivity index (χ2n) is 7.85. The van der Waals surface area contributed by atoms with Crippen molar-refractivity contribution in [1.29, 1.82) is 0 Å². The number of nitrogens with one attached hydrogen (secondary N) is 1. The molecule has 1 amide bonds. The fourth-order valence-electron chi connectivity index (χ4n) is 3.44. The third kappa shape index (κ3) is 5.92. The Morgan fingerprint density at radius 2 is 2.14 bits per heavy atom. The summed E-state index contributed by atoms with van der Waals surface area (Å²) in [5, 5.41) is 4.09. The topological polar surface area (TPSA) is 67.3 Å². The van der Waals surface area contributed by atoms with Crippen molar-refractivity contribution in [3.05, 3.63) is 35.7 Å². The van der Waals surface area contributed by atoms with Gasteiger partial charge in [0.05, 0.1) is 7.11 Å². The fraction of sp³-hybridized carbons (Fsp3) is 0.571. The molecular formula is C21H30N4O2S. The Morgan fingerprint density at radius 1 is 1.36 bits per heavy atom. The van der Waals surface area contributed by atoms with E-state index in [-0.39, 0.29) is 5.91 Å². The lowest BCUT2D eigenvalue weighted by molar-refractivity contribution is -0.122. The van der Waals surface area contributed by atoms with Gasteiger partial charge in [0.15, 0.2) is 0 Å². The highest BCUT2D eigenvalue weighted by Crippen LogP contribution is 2.25. The van der Waals surface area contributed by atoms with Crippen molar-refractivity contribution in [2.45, 2.75) is 39.5 Å². The van der Waals surface area contributed by atoms with E-state index in [4.69, 9.17) is 9.72 Å². The number of aromatic nitrogens is 2. The lowest BCUT2D eigenvalue weighted by atomic mass is 9.97. The van der Waals surface area contributed by atoms with Crippen molar-refractivity contribution < 1.29 is 9.53 Å². The minimum atomic E-state index is 0.170. The van der Waals surface area contributed by atoms with Crippen LogP contribution >= 0.6 is 11.5 Å². The van der Waals surface area contributed by atoms with E-state index in [1.54, 1.807) is 7.11 Å². The predicted octanol–water partition coefficient (Wildman–Crippen LogP) is 3.52. The number of rotatable bonds is 8. The highest BCUT2D eigenvalue weighted by Gasteiger charge is 2.22. The van der Waals surface area contributed by atoms with E-state index < -0.39 is 0 Å². The van der Waals surface area contributed by atoms with Gasteiger partial charge in [0, 0.05) is 44.0 Å². The van der Waals surface area contributed by atoms with Crippen molar-refractivity contribution in [3.63, 3.8) is 0 Å². The minimum absolute atomic E-state index is 0.170. The van der Waals surface area contributed by atoms with Gasteiger partial charge < -0.3 is 15.0 Å². The summed E-state index contributed by atoms with van der Waals surface area (Å²) in [6, 6.07) is 8.03. The van der Waals surface area contributed by atoms with Crippen LogP contribution < -0.4 is 15.0 Å². The number of hydrogen-bond donors (Lipinski definition) is 1. The molecule has 152 valence electrons. The Balaban J connectivity index is 1.47. The standard InChI is InChI=1S/C21H30N4O2S/c1-15(2)11-20(26)22-14-16-7-9-25(10-8-16)21-23-19(24-28-21)13-17-5-4-6-18(12-17)27-3/h4-6,12,15-16H,7-11,13-14H2,1-3H3,(H,22,26). The third-order valence-corrected chi connectivity index (χ3v) is 5.84. The van der Waals surface area contributed by atoms with Gasteiger partial charge in [0.1, 0.15) is 11.6 Å². The van der Waals surface area contributed by atoms with Gasteiger partial charge >= 0.3 is 0 Å². The van der Waals surface area contributed by atoms with Crippen molar-refractivity contribution in [3.8, 4) is 5.75 Å². The summed E-state index contributed by atoms with van der Waals surface area (Å²) in [7, 11) is 1.68. The van der Waals surface area contributed by atoms with Crippen LogP contribution in [0.25, 0.3) is 0 Å². The Hall–Kier alpha value is -2.15. The molecule has 0 unspecified atom stereocenters. The molecule has 0 bridgehead atoms. The Bertz CT molecular complexity index is 769. The number of carbonyl (C=O) groups is 1. The van der Waals surface area contributed by atoms with Crippen LogP contribution in [0.2, 0.25) is 0 Å². The normalized spacial score (nSPS) is 15.1. The predicted molar refractivity (Wildman–Crippen MR) is 113 cm³/mol. The van der Waals surface area contributed by atoms with E-state index in [1.807, 2.05) is 18.2 Å². The van der Waals surface area contributed by atoms with E-state index in [0.717, 1.165) is 54.7 Å². The van der Waals surface area contributed by atoms with E-state index in [2.05, 4.69) is 34.5 Å². The van der Waals surface area contributed by atoms with Gasteiger partial charge in [-0.2, -0.15) is 4.37 Å². The number of ether oxygens (including phenoxy) is 1. The van der Waals surface area contributed by atoms with Gasteiger partial charge in [0.2, 0.25) is 11.0 Å². The number of hydrogen-bond acceptors (Lipinski definition) is 6. The van der Waals surface area contributed by atoms with Crippen molar-refractivity contribution >= 4 is 22.6 Å². The minimum Gasteiger partial charge on any atom is -0.497 e. The van der Waals surface area contributed by atoms with Crippen molar-refractivity contribution in [2.75, 3.05) is 31.6 Å². The molecule has 28 heavy (non-hydrogen) atoms. The average molecular weight is 403 g/mol. The van der Waals surface area contributed by atoms with Crippen LogP contribution in [0.4, 0.5) is 5.13 Å². The first-order valence-electron chi connectivity index (χ1n) is 10.0. The highest BCUT2D eigenvalue weighted by molar-refractivity contribution is 7.09. The molecule has 0 aliphatic carbocycles. The summed E-state index contributed by atoms with van der Waals surface area (Å²) in [4.78, 5) is 18.9. The van der Waals surface area contributed by atoms with E-state index in [9.17, 15) is 4.79 Å². The second-order valence-corrected chi connectivity index (χ2v) is 8.58. The Labute approximate surface area is 171 Å². The molecule has 3 rings (SSSR count). The molecule has 1 aromatic heterocycles. The van der Waals surface area contributed by atoms with Gasteiger partial charge in [0.25, 0.3) is 0 Å². The fourth-order valence-corrected chi connectivity index (χ4v) is 4.18. The summed E-state index contributed by atoms with van der Waals surface area (Å²) < 4.78 is 9.82. The van der Waals surface area contributed by atoms with Crippen LogP contribution in [0.1, 0.15) is 44.5 Å². The number of nitrogens with zero attached hydrogens (tertiary/aromatic N) is 3. The molecule has 0 saturated carbocycles. The Morgan fingerprint density at radius 3 is 2.86 bits per heavy atom. The van der Waals surface area contributed by atoms with Crippen LogP contribution in [0.3, 0.4) is 0 Å². The highest BCUT2D eigenvalue weighted by atomic mass is 32.1. The number of methoxy groups -OCH3 is 1. The van der Waals surface area contributed by atoms with Gasteiger partial charge in [-0.05, 0) is 42.4 Å². The van der Waals surface area contributed by atoms with E-state index in [1.165, 1.54) is 11.5 Å². The molecule has 1 aromatic carbocycles. The molecule has 6 nitrogen and oxygen atoms in total. The van der Waals surface area contributed by atoms with Crippen LogP contribution in [-0.2, 0) is 11.2 Å². The number of piperidine rings is 1. The lowest BCUT2D eigenvalue weighted by Gasteiger charge is -2.31. The number of benzene rings is 1. The molecule has 2 aromatic rings. The molecule has 1 aliphatic rings. The van der Waals surface area contributed by atoms with Gasteiger partial charge in [-0.25, -0.2) is 4.98 Å². The van der Waals surface area contributed by atoms with Crippen LogP contribution in [0.15, 0.2) is 24.3 Å². The van der Waals surface area contributed by atoms with Crippen molar-refractivity contribution in [2.24, 2.45) is 11.8 Å².